The van der Waals surface area contributed by atoms with Crippen LogP contribution in [0.1, 0.15) is 11.3 Å². The van der Waals surface area contributed by atoms with Crippen molar-refractivity contribution in [3.63, 3.8) is 0 Å². The van der Waals surface area contributed by atoms with E-state index in [4.69, 9.17) is 17.3 Å². The molecule has 140 valence electrons. The molecule has 6 nitrogen and oxygen atoms in total. The molecule has 0 amide bonds. The van der Waals surface area contributed by atoms with Crippen molar-refractivity contribution >= 4 is 40.4 Å². The molecule has 0 aliphatic carbocycles. The lowest BCUT2D eigenvalue weighted by Gasteiger charge is -2.14. The second-order valence-corrected chi connectivity index (χ2v) is 6.00. The largest absolute Gasteiger partial charge is 0.416 e. The summed E-state index contributed by atoms with van der Waals surface area (Å²) in [5.41, 5.74) is 6.13. The van der Waals surface area contributed by atoms with E-state index in [9.17, 15) is 13.2 Å². The molecule has 0 bridgehead atoms. The van der Waals surface area contributed by atoms with Crippen LogP contribution in [0.4, 0.5) is 42.0 Å². The quantitative estimate of drug-likeness (QED) is 0.582. The van der Waals surface area contributed by atoms with Crippen LogP contribution >= 0.6 is 11.6 Å². The Morgan fingerprint density at radius 1 is 1.04 bits per heavy atom. The van der Waals surface area contributed by atoms with E-state index in [2.05, 4.69) is 25.6 Å². The minimum Gasteiger partial charge on any atom is -0.393 e. The Kier molecular flexibility index (Phi) is 5.04. The third kappa shape index (κ3) is 4.37. The Hall–Kier alpha value is -3.07. The van der Waals surface area contributed by atoms with Crippen LogP contribution in [0.15, 0.2) is 42.7 Å². The Labute approximate surface area is 157 Å². The Morgan fingerprint density at radius 2 is 1.74 bits per heavy atom. The fourth-order valence-electron chi connectivity index (χ4n) is 2.25. The van der Waals surface area contributed by atoms with E-state index in [1.807, 2.05) is 19.1 Å². The van der Waals surface area contributed by atoms with E-state index in [1.54, 1.807) is 6.07 Å². The molecule has 0 atom stereocenters. The van der Waals surface area contributed by atoms with Crippen molar-refractivity contribution in [2.75, 3.05) is 16.4 Å². The van der Waals surface area contributed by atoms with Gasteiger partial charge in [-0.25, -0.2) is 15.0 Å². The average Bonchev–Trinajstić information content (AvgIpc) is 2.59. The van der Waals surface area contributed by atoms with Crippen molar-refractivity contribution in [1.29, 1.82) is 0 Å². The number of nitrogens with zero attached hydrogens (tertiary/aromatic N) is 3. The monoisotopic (exact) mass is 394 g/mol. The molecule has 3 aromatic rings. The van der Waals surface area contributed by atoms with Gasteiger partial charge in [-0.3, -0.25) is 0 Å². The number of aromatic nitrogens is 3. The molecule has 2 heterocycles. The molecule has 27 heavy (non-hydrogen) atoms. The van der Waals surface area contributed by atoms with Gasteiger partial charge in [0.05, 0.1) is 16.3 Å². The average molecular weight is 395 g/mol. The van der Waals surface area contributed by atoms with Crippen LogP contribution in [-0.2, 0) is 6.18 Å². The van der Waals surface area contributed by atoms with Crippen molar-refractivity contribution in [2.24, 2.45) is 0 Å². The van der Waals surface area contributed by atoms with E-state index in [-0.39, 0.29) is 28.0 Å². The van der Waals surface area contributed by atoms with Crippen LogP contribution in [0.2, 0.25) is 5.02 Å². The first kappa shape index (κ1) is 18.7. The minimum atomic E-state index is -4.50. The molecule has 0 radical (unpaired) electrons. The molecule has 4 N–H and O–H groups in total. The number of benzene rings is 1. The molecular weight excluding hydrogens is 381 g/mol. The molecule has 3 rings (SSSR count). The summed E-state index contributed by atoms with van der Waals surface area (Å²) in [5, 5.41) is 5.76. The third-order valence-electron chi connectivity index (χ3n) is 3.57. The van der Waals surface area contributed by atoms with Crippen LogP contribution in [0, 0.1) is 6.92 Å². The zero-order chi connectivity index (χ0) is 19.6. The highest BCUT2D eigenvalue weighted by atomic mass is 35.5. The molecule has 1 aromatic carbocycles. The molecule has 2 aromatic heterocycles. The maximum absolute atomic E-state index is 12.9. The van der Waals surface area contributed by atoms with Gasteiger partial charge in [0, 0.05) is 5.69 Å². The van der Waals surface area contributed by atoms with E-state index >= 15 is 0 Å². The van der Waals surface area contributed by atoms with E-state index in [0.29, 0.717) is 5.82 Å². The van der Waals surface area contributed by atoms with Crippen molar-refractivity contribution in [2.45, 2.75) is 13.1 Å². The third-order valence-corrected chi connectivity index (χ3v) is 3.90. The van der Waals surface area contributed by atoms with Gasteiger partial charge in [0.2, 0.25) is 0 Å². The summed E-state index contributed by atoms with van der Waals surface area (Å²) in [6.07, 6.45) is -3.28. The van der Waals surface area contributed by atoms with Crippen molar-refractivity contribution < 1.29 is 13.2 Å². The molecule has 0 unspecified atom stereocenters. The van der Waals surface area contributed by atoms with Crippen molar-refractivity contribution in [3.8, 4) is 0 Å². The molecular formula is C17H14ClF3N6. The maximum atomic E-state index is 12.9. The first-order valence-electron chi connectivity index (χ1n) is 7.69. The fraction of sp³-hybridized carbons (Fsp3) is 0.118. The smallest absolute Gasteiger partial charge is 0.393 e. The normalized spacial score (nSPS) is 11.3. The summed E-state index contributed by atoms with van der Waals surface area (Å²) in [5.74, 6) is 0.888. The first-order chi connectivity index (χ1) is 12.7. The zero-order valence-electron chi connectivity index (χ0n) is 14.0. The summed E-state index contributed by atoms with van der Waals surface area (Å²) in [6, 6.07) is 8.30. The summed E-state index contributed by atoms with van der Waals surface area (Å²) >= 11 is 6.00. The van der Waals surface area contributed by atoms with Crippen LogP contribution < -0.4 is 16.4 Å². The van der Waals surface area contributed by atoms with Crippen LogP contribution in [0.5, 0.6) is 0 Å². The zero-order valence-corrected chi connectivity index (χ0v) is 14.7. The van der Waals surface area contributed by atoms with E-state index in [1.165, 1.54) is 6.33 Å². The molecule has 0 saturated carbocycles. The van der Waals surface area contributed by atoms with Gasteiger partial charge in [-0.15, -0.1) is 0 Å². The lowest BCUT2D eigenvalue weighted by molar-refractivity contribution is -0.137. The van der Waals surface area contributed by atoms with Gasteiger partial charge in [-0.2, -0.15) is 13.2 Å². The molecule has 0 saturated heterocycles. The highest BCUT2D eigenvalue weighted by Crippen LogP contribution is 2.36. The summed E-state index contributed by atoms with van der Waals surface area (Å²) in [6.45, 7) is 1.83. The summed E-state index contributed by atoms with van der Waals surface area (Å²) in [7, 11) is 0. The SMILES string of the molecule is Cc1cccc(Nc2ncnc(Nc3cc(C(F)(F)F)ccc3Cl)c2N)n1. The van der Waals surface area contributed by atoms with Gasteiger partial charge in [0.25, 0.3) is 0 Å². The van der Waals surface area contributed by atoms with E-state index < -0.39 is 11.7 Å². The van der Waals surface area contributed by atoms with Gasteiger partial charge in [-0.05, 0) is 37.3 Å². The highest BCUT2D eigenvalue weighted by molar-refractivity contribution is 6.33. The van der Waals surface area contributed by atoms with Gasteiger partial charge in [-0.1, -0.05) is 17.7 Å². The predicted octanol–water partition coefficient (Wildman–Crippen LogP) is 4.92. The molecule has 0 aliphatic rings. The lowest BCUT2D eigenvalue weighted by atomic mass is 10.2. The Bertz CT molecular complexity index is 977. The number of pyridine rings is 1. The van der Waals surface area contributed by atoms with Crippen molar-refractivity contribution in [3.05, 3.63) is 59.0 Å². The molecule has 0 spiro atoms. The highest BCUT2D eigenvalue weighted by Gasteiger charge is 2.31. The van der Waals surface area contributed by atoms with Crippen LogP contribution in [-0.4, -0.2) is 15.0 Å². The number of aryl methyl sites for hydroxylation is 1. The number of hydrogen-bond acceptors (Lipinski definition) is 6. The lowest BCUT2D eigenvalue weighted by Crippen LogP contribution is -2.08. The number of nitrogens with one attached hydrogen (secondary N) is 2. The number of anilines is 5. The Morgan fingerprint density at radius 3 is 2.41 bits per heavy atom. The van der Waals surface area contributed by atoms with Gasteiger partial charge >= 0.3 is 6.18 Å². The second kappa shape index (κ2) is 7.28. The summed E-state index contributed by atoms with van der Waals surface area (Å²) < 4.78 is 38.8. The molecule has 0 fully saturated rings. The van der Waals surface area contributed by atoms with E-state index in [0.717, 1.165) is 23.9 Å². The number of hydrogen-bond donors (Lipinski definition) is 3. The number of nitrogens with two attached hydrogens (primary N) is 1. The number of nitrogen functional groups attached to an aromatic ring is 1. The van der Waals surface area contributed by atoms with Crippen LogP contribution in [0.25, 0.3) is 0 Å². The van der Waals surface area contributed by atoms with Crippen LogP contribution in [0.3, 0.4) is 0 Å². The predicted molar refractivity (Wildman–Crippen MR) is 98.4 cm³/mol. The summed E-state index contributed by atoms with van der Waals surface area (Å²) in [4.78, 5) is 12.3. The van der Waals surface area contributed by atoms with Crippen molar-refractivity contribution in [1.82, 2.24) is 15.0 Å². The van der Waals surface area contributed by atoms with Gasteiger partial charge < -0.3 is 16.4 Å². The molecule has 0 aliphatic heterocycles. The number of halogens is 4. The minimum absolute atomic E-state index is 0.0246. The molecule has 10 heteroatoms. The van der Waals surface area contributed by atoms with Gasteiger partial charge in [0.15, 0.2) is 11.6 Å². The standard InChI is InChI=1S/C17H14ClF3N6/c1-9-3-2-4-13(25-9)27-16-14(22)15(23-8-24-16)26-12-7-10(17(19,20)21)5-6-11(12)18/h2-8H,22H2,1H3,(H2,23,24,25,26,27). The Balaban J connectivity index is 1.91. The fourth-order valence-corrected chi connectivity index (χ4v) is 2.42. The topological polar surface area (TPSA) is 88.8 Å². The maximum Gasteiger partial charge on any atom is 0.416 e. The number of rotatable bonds is 4. The second-order valence-electron chi connectivity index (χ2n) is 5.59. The number of alkyl halides is 3. The first-order valence-corrected chi connectivity index (χ1v) is 8.07. The van der Waals surface area contributed by atoms with Gasteiger partial charge in [0.1, 0.15) is 17.8 Å².